The Balaban J connectivity index is 2.02. The average molecular weight is 266 g/mol. The fourth-order valence-electron chi connectivity index (χ4n) is 1.37. The third kappa shape index (κ3) is 3.47. The van der Waals surface area contributed by atoms with E-state index in [9.17, 15) is 0 Å². The Morgan fingerprint density at radius 1 is 1.18 bits per heavy atom. The van der Waals surface area contributed by atoms with Crippen molar-refractivity contribution in [2.45, 2.75) is 11.6 Å². The second kappa shape index (κ2) is 6.66. The molecule has 1 heterocycles. The van der Waals surface area contributed by atoms with E-state index in [0.29, 0.717) is 0 Å². The summed E-state index contributed by atoms with van der Waals surface area (Å²) in [7, 11) is 0. The Kier molecular flexibility index (Phi) is 4.88. The van der Waals surface area contributed by atoms with E-state index in [-0.39, 0.29) is 0 Å². The number of thioether (sulfide) groups is 2. The van der Waals surface area contributed by atoms with E-state index < -0.39 is 0 Å². The van der Waals surface area contributed by atoms with Gasteiger partial charge in [0, 0.05) is 5.75 Å². The minimum absolute atomic E-state index is 0.859. The molecule has 0 saturated heterocycles. The van der Waals surface area contributed by atoms with Gasteiger partial charge in [-0.05, 0) is 41.0 Å². The fraction of sp³-hybridized carbons (Fsp3) is 0.364. The van der Waals surface area contributed by atoms with Gasteiger partial charge < -0.3 is 0 Å². The van der Waals surface area contributed by atoms with Crippen LogP contribution in [-0.2, 0) is 0 Å². The number of rotatable bonds is 6. The maximum atomic E-state index is 4.05. The largest absolute Gasteiger partial charge is 0.214 e. The van der Waals surface area contributed by atoms with Gasteiger partial charge in [-0.1, -0.05) is 30.0 Å². The summed E-state index contributed by atoms with van der Waals surface area (Å²) in [5, 5.41) is 12.7. The molecule has 17 heavy (non-hydrogen) atoms. The quantitative estimate of drug-likeness (QED) is 0.594. The number of tetrazole rings is 1. The number of hydrogen-bond donors (Lipinski definition) is 0. The van der Waals surface area contributed by atoms with Crippen LogP contribution < -0.4 is 0 Å². The minimum atomic E-state index is 0.859. The summed E-state index contributed by atoms with van der Waals surface area (Å²) in [6.07, 6.45) is 3.30. The van der Waals surface area contributed by atoms with Crippen molar-refractivity contribution in [3.8, 4) is 5.69 Å². The van der Waals surface area contributed by atoms with Crippen LogP contribution in [0.2, 0.25) is 0 Å². The van der Waals surface area contributed by atoms with Crippen molar-refractivity contribution >= 4 is 23.5 Å². The molecule has 0 N–H and O–H groups in total. The molecule has 0 amide bonds. The summed E-state index contributed by atoms with van der Waals surface area (Å²) in [4.78, 5) is 0. The van der Waals surface area contributed by atoms with Gasteiger partial charge in [0.05, 0.1) is 5.69 Å². The third-order valence-electron chi connectivity index (χ3n) is 2.17. The monoisotopic (exact) mass is 266 g/mol. The van der Waals surface area contributed by atoms with Gasteiger partial charge in [0.25, 0.3) is 0 Å². The molecule has 0 saturated carbocycles. The highest BCUT2D eigenvalue weighted by atomic mass is 32.2. The second-order valence-electron chi connectivity index (χ2n) is 3.40. The molecule has 1 aromatic carbocycles. The first-order valence-corrected chi connectivity index (χ1v) is 7.75. The lowest BCUT2D eigenvalue weighted by molar-refractivity contribution is 0.756. The van der Waals surface area contributed by atoms with Gasteiger partial charge in [0.15, 0.2) is 0 Å². The first-order valence-electron chi connectivity index (χ1n) is 5.37. The molecule has 90 valence electrons. The predicted molar refractivity (Wildman–Crippen MR) is 72.9 cm³/mol. The Bertz CT molecular complexity index is 444. The molecular formula is C11H14N4S2. The van der Waals surface area contributed by atoms with Gasteiger partial charge in [-0.25, -0.2) is 0 Å². The van der Waals surface area contributed by atoms with Crippen molar-refractivity contribution in [1.82, 2.24) is 20.2 Å². The van der Waals surface area contributed by atoms with Gasteiger partial charge >= 0.3 is 0 Å². The van der Waals surface area contributed by atoms with E-state index in [1.807, 2.05) is 42.1 Å². The van der Waals surface area contributed by atoms with Crippen LogP contribution in [0.1, 0.15) is 6.42 Å². The lowest BCUT2D eigenvalue weighted by Crippen LogP contribution is -1.99. The van der Waals surface area contributed by atoms with Gasteiger partial charge in [0.2, 0.25) is 5.16 Å². The molecule has 0 aliphatic carbocycles. The maximum Gasteiger partial charge on any atom is 0.214 e. The second-order valence-corrected chi connectivity index (χ2v) is 5.45. The first-order chi connectivity index (χ1) is 8.42. The zero-order chi connectivity index (χ0) is 11.9. The molecule has 2 rings (SSSR count). The molecule has 1 aromatic heterocycles. The van der Waals surface area contributed by atoms with Crippen molar-refractivity contribution in [2.75, 3.05) is 17.8 Å². The Hall–Kier alpha value is -1.01. The SMILES string of the molecule is CSCCCSc1nnnn1-c1ccccc1. The molecule has 0 bridgehead atoms. The Morgan fingerprint density at radius 3 is 2.76 bits per heavy atom. The molecule has 0 atom stereocenters. The number of hydrogen-bond acceptors (Lipinski definition) is 5. The van der Waals surface area contributed by atoms with E-state index >= 15 is 0 Å². The molecule has 0 fully saturated rings. The molecular weight excluding hydrogens is 252 g/mol. The number of para-hydroxylation sites is 1. The topological polar surface area (TPSA) is 43.6 Å². The van der Waals surface area contributed by atoms with Crippen molar-refractivity contribution < 1.29 is 0 Å². The van der Waals surface area contributed by atoms with Crippen LogP contribution in [0.3, 0.4) is 0 Å². The van der Waals surface area contributed by atoms with E-state index in [4.69, 9.17) is 0 Å². The van der Waals surface area contributed by atoms with Crippen molar-refractivity contribution in [2.24, 2.45) is 0 Å². The predicted octanol–water partition coefficient (Wildman–Crippen LogP) is 2.51. The summed E-state index contributed by atoms with van der Waals surface area (Å²) < 4.78 is 1.78. The van der Waals surface area contributed by atoms with Gasteiger partial charge in [0.1, 0.15) is 0 Å². The highest BCUT2D eigenvalue weighted by Gasteiger charge is 2.07. The van der Waals surface area contributed by atoms with Crippen LogP contribution in [-0.4, -0.2) is 38.0 Å². The molecule has 6 heteroatoms. The molecule has 0 aliphatic heterocycles. The Morgan fingerprint density at radius 2 is 2.00 bits per heavy atom. The molecule has 0 radical (unpaired) electrons. The minimum Gasteiger partial charge on any atom is -0.188 e. The lowest BCUT2D eigenvalue weighted by Gasteiger charge is -2.03. The number of benzene rings is 1. The number of aromatic nitrogens is 4. The van der Waals surface area contributed by atoms with E-state index in [2.05, 4.69) is 21.8 Å². The molecule has 0 spiro atoms. The smallest absolute Gasteiger partial charge is 0.188 e. The molecule has 2 aromatic rings. The van der Waals surface area contributed by atoms with Gasteiger partial charge in [-0.2, -0.15) is 16.4 Å². The third-order valence-corrected chi connectivity index (χ3v) is 3.87. The summed E-state index contributed by atoms with van der Waals surface area (Å²) in [6.45, 7) is 0. The first kappa shape index (κ1) is 12.4. The van der Waals surface area contributed by atoms with Crippen LogP contribution in [0.25, 0.3) is 5.69 Å². The van der Waals surface area contributed by atoms with E-state index in [1.54, 1.807) is 16.4 Å². The van der Waals surface area contributed by atoms with E-state index in [0.717, 1.165) is 16.6 Å². The highest BCUT2D eigenvalue weighted by Crippen LogP contribution is 2.18. The summed E-state index contributed by atoms with van der Waals surface area (Å²) in [6, 6.07) is 9.96. The van der Waals surface area contributed by atoms with Crippen molar-refractivity contribution in [1.29, 1.82) is 0 Å². The maximum absolute atomic E-state index is 4.05. The van der Waals surface area contributed by atoms with Crippen LogP contribution >= 0.6 is 23.5 Å². The lowest BCUT2D eigenvalue weighted by atomic mass is 10.3. The molecule has 0 unspecified atom stereocenters. The highest BCUT2D eigenvalue weighted by molar-refractivity contribution is 7.99. The van der Waals surface area contributed by atoms with Gasteiger partial charge in [-0.15, -0.1) is 5.10 Å². The van der Waals surface area contributed by atoms with Crippen LogP contribution in [0.15, 0.2) is 35.5 Å². The fourth-order valence-corrected chi connectivity index (χ4v) is 2.81. The van der Waals surface area contributed by atoms with Gasteiger partial charge in [-0.3, -0.25) is 0 Å². The summed E-state index contributed by atoms with van der Waals surface area (Å²) >= 11 is 3.57. The zero-order valence-electron chi connectivity index (χ0n) is 9.61. The van der Waals surface area contributed by atoms with Crippen molar-refractivity contribution in [3.63, 3.8) is 0 Å². The zero-order valence-corrected chi connectivity index (χ0v) is 11.2. The van der Waals surface area contributed by atoms with Crippen molar-refractivity contribution in [3.05, 3.63) is 30.3 Å². The summed E-state index contributed by atoms with van der Waals surface area (Å²) in [5.41, 5.74) is 1.00. The molecule has 0 aliphatic rings. The Labute approximate surface area is 109 Å². The van der Waals surface area contributed by atoms with Crippen LogP contribution in [0, 0.1) is 0 Å². The van der Waals surface area contributed by atoms with E-state index in [1.165, 1.54) is 12.2 Å². The molecule has 4 nitrogen and oxygen atoms in total. The van der Waals surface area contributed by atoms with Crippen LogP contribution in [0.4, 0.5) is 0 Å². The summed E-state index contributed by atoms with van der Waals surface area (Å²) in [5.74, 6) is 2.23. The normalized spacial score (nSPS) is 10.6. The average Bonchev–Trinajstić information content (AvgIpc) is 2.84. The number of nitrogens with zero attached hydrogens (tertiary/aromatic N) is 4. The standard InChI is InChI=1S/C11H14N4S2/c1-16-8-5-9-17-11-12-13-14-15(11)10-6-3-2-4-7-10/h2-4,6-7H,5,8-9H2,1H3. The van der Waals surface area contributed by atoms with Crippen LogP contribution in [0.5, 0.6) is 0 Å².